The minimum Gasteiger partial charge on any atom is -0.384 e. The quantitative estimate of drug-likeness (QED) is 0.679. The van der Waals surface area contributed by atoms with Crippen molar-refractivity contribution in [1.29, 1.82) is 0 Å². The molecule has 0 bridgehead atoms. The topological polar surface area (TPSA) is 44.4 Å². The molecule has 2 aromatic carbocycles. The van der Waals surface area contributed by atoms with E-state index in [0.717, 1.165) is 24.8 Å². The first-order chi connectivity index (χ1) is 12.8. The van der Waals surface area contributed by atoms with Gasteiger partial charge in [0.1, 0.15) is 0 Å². The molecule has 4 nitrogen and oxygen atoms in total. The third kappa shape index (κ3) is 5.91. The maximum atomic E-state index is 12.9. The monoisotopic (exact) mass is 379 g/mol. The molecular weight excluding hydrogens is 355 g/mol. The summed E-state index contributed by atoms with van der Waals surface area (Å²) in [5.41, 5.74) is 0.966. The number of hydrogen-bond donors (Lipinski definition) is 2. The summed E-state index contributed by atoms with van der Waals surface area (Å²) in [5, 5.41) is 5.44. The van der Waals surface area contributed by atoms with E-state index in [0.29, 0.717) is 5.69 Å². The number of anilines is 3. The average molecular weight is 379 g/mol. The number of carbonyl (C=O) groups is 1. The molecule has 0 aliphatic rings. The SMILES string of the molecule is CCN(CC)c1ccc(NC(=O)CCNc2ccccc2C(F)(F)F)cc1. The Labute approximate surface area is 157 Å². The lowest BCUT2D eigenvalue weighted by atomic mass is 10.1. The van der Waals surface area contributed by atoms with Crippen LogP contribution in [0.5, 0.6) is 0 Å². The Bertz CT molecular complexity index is 741. The number of nitrogens with zero attached hydrogens (tertiary/aromatic N) is 1. The van der Waals surface area contributed by atoms with Crippen molar-refractivity contribution < 1.29 is 18.0 Å². The standard InChI is InChI=1S/C20H24F3N3O/c1-3-26(4-2)16-11-9-15(10-12-16)25-19(27)13-14-24-18-8-6-5-7-17(18)20(21,22)23/h5-12,24H,3-4,13-14H2,1-2H3,(H,25,27). The molecule has 2 rings (SSSR count). The van der Waals surface area contributed by atoms with Gasteiger partial charge in [0.15, 0.2) is 0 Å². The Morgan fingerprint density at radius 3 is 2.22 bits per heavy atom. The maximum absolute atomic E-state index is 12.9. The van der Waals surface area contributed by atoms with Gasteiger partial charge in [0, 0.05) is 43.1 Å². The highest BCUT2D eigenvalue weighted by atomic mass is 19.4. The Hall–Kier alpha value is -2.70. The Kier molecular flexibility index (Phi) is 7.10. The summed E-state index contributed by atoms with van der Waals surface area (Å²) in [7, 11) is 0. The molecule has 2 aromatic rings. The molecule has 0 fully saturated rings. The molecular formula is C20H24F3N3O. The lowest BCUT2D eigenvalue weighted by Gasteiger charge is -2.21. The molecule has 0 unspecified atom stereocenters. The zero-order valence-electron chi connectivity index (χ0n) is 15.4. The van der Waals surface area contributed by atoms with Crippen LogP contribution in [-0.2, 0) is 11.0 Å². The molecule has 146 valence electrons. The predicted octanol–water partition coefficient (Wildman–Crippen LogP) is 4.99. The van der Waals surface area contributed by atoms with E-state index >= 15 is 0 Å². The van der Waals surface area contributed by atoms with Crippen LogP contribution in [0.1, 0.15) is 25.8 Å². The molecule has 1 amide bonds. The number of benzene rings is 2. The van der Waals surface area contributed by atoms with Gasteiger partial charge < -0.3 is 15.5 Å². The van der Waals surface area contributed by atoms with Crippen molar-refractivity contribution >= 4 is 23.0 Å². The second-order valence-corrected chi connectivity index (χ2v) is 5.99. The van der Waals surface area contributed by atoms with Gasteiger partial charge in [-0.2, -0.15) is 13.2 Å². The molecule has 0 spiro atoms. The van der Waals surface area contributed by atoms with Crippen LogP contribution in [-0.4, -0.2) is 25.5 Å². The van der Waals surface area contributed by atoms with Crippen LogP contribution in [0.25, 0.3) is 0 Å². The Balaban J connectivity index is 1.87. The lowest BCUT2D eigenvalue weighted by Crippen LogP contribution is -2.21. The van der Waals surface area contributed by atoms with E-state index in [1.807, 2.05) is 24.3 Å². The van der Waals surface area contributed by atoms with Gasteiger partial charge in [0.25, 0.3) is 0 Å². The fraction of sp³-hybridized carbons (Fsp3) is 0.350. The van der Waals surface area contributed by atoms with Crippen molar-refractivity contribution in [3.05, 3.63) is 54.1 Å². The molecule has 7 heteroatoms. The first-order valence-corrected chi connectivity index (χ1v) is 8.90. The second-order valence-electron chi connectivity index (χ2n) is 5.99. The van der Waals surface area contributed by atoms with Crippen LogP contribution in [0, 0.1) is 0 Å². The van der Waals surface area contributed by atoms with E-state index in [9.17, 15) is 18.0 Å². The van der Waals surface area contributed by atoms with Gasteiger partial charge in [-0.1, -0.05) is 12.1 Å². The van der Waals surface area contributed by atoms with Gasteiger partial charge in [-0.15, -0.1) is 0 Å². The summed E-state index contributed by atoms with van der Waals surface area (Å²) in [6.45, 7) is 6.04. The van der Waals surface area contributed by atoms with E-state index in [1.54, 1.807) is 0 Å². The summed E-state index contributed by atoms with van der Waals surface area (Å²) in [6, 6.07) is 12.7. The van der Waals surface area contributed by atoms with Crippen molar-refractivity contribution in [1.82, 2.24) is 0 Å². The Morgan fingerprint density at radius 2 is 1.63 bits per heavy atom. The van der Waals surface area contributed by atoms with Crippen molar-refractivity contribution in [2.45, 2.75) is 26.4 Å². The molecule has 0 heterocycles. The number of hydrogen-bond acceptors (Lipinski definition) is 3. The first-order valence-electron chi connectivity index (χ1n) is 8.90. The predicted molar refractivity (Wildman–Crippen MR) is 103 cm³/mol. The summed E-state index contributed by atoms with van der Waals surface area (Å²) in [5.74, 6) is -0.262. The van der Waals surface area contributed by atoms with Gasteiger partial charge >= 0.3 is 6.18 Å². The number of carbonyl (C=O) groups excluding carboxylic acids is 1. The van der Waals surface area contributed by atoms with Gasteiger partial charge in [-0.3, -0.25) is 4.79 Å². The fourth-order valence-corrected chi connectivity index (χ4v) is 2.76. The molecule has 27 heavy (non-hydrogen) atoms. The molecule has 0 saturated heterocycles. The first kappa shape index (κ1) is 20.6. The van der Waals surface area contributed by atoms with Crippen LogP contribution in [0.2, 0.25) is 0 Å². The van der Waals surface area contributed by atoms with E-state index in [4.69, 9.17) is 0 Å². The highest BCUT2D eigenvalue weighted by Gasteiger charge is 2.33. The number of amides is 1. The second kappa shape index (κ2) is 9.30. The normalized spacial score (nSPS) is 11.1. The van der Waals surface area contributed by atoms with Crippen LogP contribution in [0.4, 0.5) is 30.2 Å². The van der Waals surface area contributed by atoms with Crippen molar-refractivity contribution in [3.8, 4) is 0 Å². The molecule has 0 aromatic heterocycles. The highest BCUT2D eigenvalue weighted by Crippen LogP contribution is 2.34. The zero-order chi connectivity index (χ0) is 19.9. The average Bonchev–Trinajstić information content (AvgIpc) is 2.63. The molecule has 0 saturated carbocycles. The zero-order valence-corrected chi connectivity index (χ0v) is 15.4. The largest absolute Gasteiger partial charge is 0.418 e. The molecule has 0 aliphatic heterocycles. The van der Waals surface area contributed by atoms with Crippen LogP contribution >= 0.6 is 0 Å². The number of nitrogens with one attached hydrogen (secondary N) is 2. The highest BCUT2D eigenvalue weighted by molar-refractivity contribution is 5.91. The lowest BCUT2D eigenvalue weighted by molar-refractivity contribution is -0.137. The van der Waals surface area contributed by atoms with Crippen molar-refractivity contribution in [2.75, 3.05) is 35.2 Å². The van der Waals surface area contributed by atoms with Crippen molar-refractivity contribution in [3.63, 3.8) is 0 Å². The molecule has 0 atom stereocenters. The third-order valence-corrected chi connectivity index (χ3v) is 4.18. The molecule has 0 radical (unpaired) electrons. The van der Waals surface area contributed by atoms with E-state index in [2.05, 4.69) is 29.4 Å². The van der Waals surface area contributed by atoms with E-state index in [1.165, 1.54) is 18.2 Å². The maximum Gasteiger partial charge on any atom is 0.418 e. The number of para-hydroxylation sites is 1. The van der Waals surface area contributed by atoms with Crippen LogP contribution in [0.3, 0.4) is 0 Å². The number of halogens is 3. The summed E-state index contributed by atoms with van der Waals surface area (Å²) in [4.78, 5) is 14.2. The van der Waals surface area contributed by atoms with Gasteiger partial charge in [-0.25, -0.2) is 0 Å². The number of rotatable bonds is 8. The smallest absolute Gasteiger partial charge is 0.384 e. The fourth-order valence-electron chi connectivity index (χ4n) is 2.76. The summed E-state index contributed by atoms with van der Waals surface area (Å²) >= 11 is 0. The van der Waals surface area contributed by atoms with Crippen LogP contribution in [0.15, 0.2) is 48.5 Å². The third-order valence-electron chi connectivity index (χ3n) is 4.18. The molecule has 2 N–H and O–H groups in total. The van der Waals surface area contributed by atoms with Gasteiger partial charge in [0.05, 0.1) is 5.56 Å². The summed E-state index contributed by atoms with van der Waals surface area (Å²) < 4.78 is 38.8. The van der Waals surface area contributed by atoms with Gasteiger partial charge in [-0.05, 0) is 50.2 Å². The molecule has 0 aliphatic carbocycles. The Morgan fingerprint density at radius 1 is 1.00 bits per heavy atom. The van der Waals surface area contributed by atoms with Crippen LogP contribution < -0.4 is 15.5 Å². The van der Waals surface area contributed by atoms with Crippen molar-refractivity contribution in [2.24, 2.45) is 0 Å². The van der Waals surface area contributed by atoms with E-state index < -0.39 is 11.7 Å². The minimum absolute atomic E-state index is 0.0265. The number of alkyl halides is 3. The minimum atomic E-state index is -4.43. The van der Waals surface area contributed by atoms with E-state index in [-0.39, 0.29) is 24.6 Å². The summed E-state index contributed by atoms with van der Waals surface area (Å²) in [6.07, 6.45) is -4.37. The van der Waals surface area contributed by atoms with Gasteiger partial charge in [0.2, 0.25) is 5.91 Å².